The first kappa shape index (κ1) is 14.9. The summed E-state index contributed by atoms with van der Waals surface area (Å²) in [5.74, 6) is -1.13. The first-order valence-corrected chi connectivity index (χ1v) is 7.26. The molecule has 0 aromatic heterocycles. The quantitative estimate of drug-likeness (QED) is 0.336. The van der Waals surface area contributed by atoms with E-state index in [9.17, 15) is 18.9 Å². The number of nitro benzene ring substituents is 1. The number of hydrogen-bond donors (Lipinski definition) is 0. The Hall–Kier alpha value is -1.47. The molecule has 0 fully saturated rings. The second-order valence-corrected chi connectivity index (χ2v) is 5.76. The summed E-state index contributed by atoms with van der Waals surface area (Å²) in [6, 6.07) is 8.32. The molecule has 0 aliphatic carbocycles. The van der Waals surface area contributed by atoms with Gasteiger partial charge in [0.2, 0.25) is 0 Å². The molecule has 7 heteroatoms. The van der Waals surface area contributed by atoms with Crippen LogP contribution in [0, 0.1) is 21.7 Å². The molecule has 2 aromatic carbocycles. The lowest BCUT2D eigenvalue weighted by Gasteiger charge is -2.06. The van der Waals surface area contributed by atoms with Gasteiger partial charge >= 0.3 is 0 Å². The van der Waals surface area contributed by atoms with Crippen LogP contribution < -0.4 is 0 Å². The summed E-state index contributed by atoms with van der Waals surface area (Å²) >= 11 is 4.21. The average Bonchev–Trinajstić information content (AvgIpc) is 2.43. The predicted molar refractivity (Wildman–Crippen MR) is 76.7 cm³/mol. The maximum absolute atomic E-state index is 13.7. The van der Waals surface area contributed by atoms with Crippen molar-refractivity contribution < 1.29 is 13.7 Å². The maximum Gasteiger partial charge on any atom is 0.269 e. The molecule has 0 saturated carbocycles. The van der Waals surface area contributed by atoms with Gasteiger partial charge in [0, 0.05) is 28.3 Å². The van der Waals surface area contributed by atoms with Gasteiger partial charge in [0.15, 0.2) is 0 Å². The highest BCUT2D eigenvalue weighted by Gasteiger charge is 2.13. The van der Waals surface area contributed by atoms with Crippen molar-refractivity contribution in [1.82, 2.24) is 0 Å². The van der Waals surface area contributed by atoms with Crippen molar-refractivity contribution in [3.8, 4) is 0 Å². The Morgan fingerprint density at radius 1 is 1.15 bits per heavy atom. The number of nitrogens with zero attached hydrogens (tertiary/aromatic N) is 1. The summed E-state index contributed by atoms with van der Waals surface area (Å²) < 4.78 is 27.5. The summed E-state index contributed by atoms with van der Waals surface area (Å²) in [4.78, 5) is 10.7. The van der Waals surface area contributed by atoms with Crippen LogP contribution in [0.2, 0.25) is 0 Å². The van der Waals surface area contributed by atoms with Crippen LogP contribution in [0.5, 0.6) is 0 Å². The number of rotatable bonds is 4. The van der Waals surface area contributed by atoms with E-state index in [2.05, 4.69) is 15.9 Å². The summed E-state index contributed by atoms with van der Waals surface area (Å²) in [6.07, 6.45) is 0. The predicted octanol–water partition coefficient (Wildman–Crippen LogP) is 4.93. The number of hydrogen-bond acceptors (Lipinski definition) is 3. The van der Waals surface area contributed by atoms with E-state index >= 15 is 0 Å². The lowest BCUT2D eigenvalue weighted by atomic mass is 10.2. The largest absolute Gasteiger partial charge is 0.269 e. The lowest BCUT2D eigenvalue weighted by Crippen LogP contribution is -1.94. The van der Waals surface area contributed by atoms with Crippen molar-refractivity contribution in [2.45, 2.75) is 10.6 Å². The van der Waals surface area contributed by atoms with E-state index in [0.29, 0.717) is 4.90 Å². The molecule has 0 amide bonds. The summed E-state index contributed by atoms with van der Waals surface area (Å²) in [7, 11) is 0. The van der Waals surface area contributed by atoms with Crippen molar-refractivity contribution >= 4 is 33.4 Å². The first-order valence-electron chi connectivity index (χ1n) is 5.48. The molecule has 0 atom stereocenters. The number of thioether (sulfide) groups is 1. The molecule has 2 rings (SSSR count). The molecule has 0 spiro atoms. The molecule has 0 unspecified atom stereocenters. The van der Waals surface area contributed by atoms with Gasteiger partial charge in [0.25, 0.3) is 5.69 Å². The van der Waals surface area contributed by atoms with E-state index in [0.717, 1.165) is 0 Å². The van der Waals surface area contributed by atoms with E-state index in [1.807, 2.05) is 0 Å². The van der Waals surface area contributed by atoms with Crippen molar-refractivity contribution in [1.29, 1.82) is 0 Å². The standard InChI is InChI=1S/C13H8BrF2NO2S/c14-11-5-6-12(15)10(13(11)16)7-20-9-3-1-8(2-4-9)17(18)19/h1-6H,7H2. The van der Waals surface area contributed by atoms with Crippen LogP contribution in [0.3, 0.4) is 0 Å². The number of benzene rings is 2. The first-order chi connectivity index (χ1) is 9.49. The van der Waals surface area contributed by atoms with E-state index in [1.54, 1.807) is 12.1 Å². The van der Waals surface area contributed by atoms with Crippen LogP contribution in [0.1, 0.15) is 5.56 Å². The minimum atomic E-state index is -0.626. The van der Waals surface area contributed by atoms with Gasteiger partial charge in [-0.15, -0.1) is 11.8 Å². The molecule has 0 bridgehead atoms. The summed E-state index contributed by atoms with van der Waals surface area (Å²) in [5.41, 5.74) is -0.0445. The van der Waals surface area contributed by atoms with Crippen molar-refractivity contribution in [2.24, 2.45) is 0 Å². The zero-order valence-electron chi connectivity index (χ0n) is 9.98. The third-order valence-electron chi connectivity index (χ3n) is 2.57. The fraction of sp³-hybridized carbons (Fsp3) is 0.0769. The Morgan fingerprint density at radius 2 is 1.80 bits per heavy atom. The van der Waals surface area contributed by atoms with Gasteiger partial charge in [-0.05, 0) is 40.2 Å². The number of non-ortho nitro benzene ring substituents is 1. The molecular weight excluding hydrogens is 352 g/mol. The van der Waals surface area contributed by atoms with Crippen molar-refractivity contribution in [3.63, 3.8) is 0 Å². The fourth-order valence-corrected chi connectivity index (χ4v) is 2.80. The molecule has 0 N–H and O–H groups in total. The van der Waals surface area contributed by atoms with Crippen molar-refractivity contribution in [3.05, 3.63) is 68.2 Å². The molecule has 2 aromatic rings. The highest BCUT2D eigenvalue weighted by Crippen LogP contribution is 2.29. The Morgan fingerprint density at radius 3 is 2.40 bits per heavy atom. The Kier molecular flexibility index (Phi) is 4.72. The third-order valence-corrected chi connectivity index (χ3v) is 4.22. The van der Waals surface area contributed by atoms with E-state index in [-0.39, 0.29) is 21.5 Å². The maximum atomic E-state index is 13.7. The second-order valence-electron chi connectivity index (χ2n) is 3.86. The van der Waals surface area contributed by atoms with Crippen LogP contribution in [-0.2, 0) is 5.75 Å². The molecule has 20 heavy (non-hydrogen) atoms. The van der Waals surface area contributed by atoms with Gasteiger partial charge in [0.1, 0.15) is 11.6 Å². The van der Waals surface area contributed by atoms with Crippen LogP contribution in [-0.4, -0.2) is 4.92 Å². The highest BCUT2D eigenvalue weighted by molar-refractivity contribution is 9.10. The number of halogens is 3. The molecule has 3 nitrogen and oxygen atoms in total. The van der Waals surface area contributed by atoms with Gasteiger partial charge in [-0.2, -0.15) is 0 Å². The molecule has 0 radical (unpaired) electrons. The normalized spacial score (nSPS) is 10.6. The Balaban J connectivity index is 2.13. The SMILES string of the molecule is O=[N+]([O-])c1ccc(SCc2c(F)ccc(Br)c2F)cc1. The van der Waals surface area contributed by atoms with Gasteiger partial charge in [-0.1, -0.05) is 0 Å². The molecule has 0 aliphatic rings. The van der Waals surface area contributed by atoms with Gasteiger partial charge in [0.05, 0.1) is 9.40 Å². The van der Waals surface area contributed by atoms with Crippen molar-refractivity contribution in [2.75, 3.05) is 0 Å². The summed E-state index contributed by atoms with van der Waals surface area (Å²) in [5, 5.41) is 10.5. The number of nitro groups is 1. The molecular formula is C13H8BrF2NO2S. The minimum Gasteiger partial charge on any atom is -0.258 e. The molecule has 0 saturated heterocycles. The van der Waals surface area contributed by atoms with Gasteiger partial charge < -0.3 is 0 Å². The van der Waals surface area contributed by atoms with Gasteiger partial charge in [-0.25, -0.2) is 8.78 Å². The topological polar surface area (TPSA) is 43.1 Å². The lowest BCUT2D eigenvalue weighted by molar-refractivity contribution is -0.384. The Bertz CT molecular complexity index is 650. The zero-order valence-corrected chi connectivity index (χ0v) is 12.4. The van der Waals surface area contributed by atoms with Crippen LogP contribution >= 0.6 is 27.7 Å². The molecule has 104 valence electrons. The second kappa shape index (κ2) is 6.32. The van der Waals surface area contributed by atoms with E-state index < -0.39 is 16.6 Å². The Labute approximate surface area is 126 Å². The highest BCUT2D eigenvalue weighted by atomic mass is 79.9. The average molecular weight is 360 g/mol. The monoisotopic (exact) mass is 359 g/mol. The van der Waals surface area contributed by atoms with Crippen LogP contribution in [0.15, 0.2) is 45.8 Å². The van der Waals surface area contributed by atoms with Gasteiger partial charge in [-0.3, -0.25) is 10.1 Å². The molecule has 0 heterocycles. The summed E-state index contributed by atoms with van der Waals surface area (Å²) in [6.45, 7) is 0. The third kappa shape index (κ3) is 3.34. The van der Waals surface area contributed by atoms with E-state index in [1.165, 1.54) is 36.0 Å². The van der Waals surface area contributed by atoms with Crippen LogP contribution in [0.25, 0.3) is 0 Å². The minimum absolute atomic E-state index is 0.0193. The van der Waals surface area contributed by atoms with E-state index in [4.69, 9.17) is 0 Å². The van der Waals surface area contributed by atoms with Crippen LogP contribution in [0.4, 0.5) is 14.5 Å². The zero-order chi connectivity index (χ0) is 14.7. The molecule has 0 aliphatic heterocycles. The smallest absolute Gasteiger partial charge is 0.258 e. The fourth-order valence-electron chi connectivity index (χ4n) is 1.52.